The summed E-state index contributed by atoms with van der Waals surface area (Å²) in [5.41, 5.74) is 0. The number of unbranched alkanes of at least 4 members (excludes halogenated alkanes) is 4. The molecule has 0 rings (SSSR count). The van der Waals surface area contributed by atoms with E-state index in [1.54, 1.807) is 0 Å². The average Bonchev–Trinajstić information content (AvgIpc) is 2.68. The van der Waals surface area contributed by atoms with Gasteiger partial charge in [-0.1, -0.05) is 67.2 Å². The van der Waals surface area contributed by atoms with E-state index in [1.807, 2.05) is 0 Å². The van der Waals surface area contributed by atoms with Crippen LogP contribution in [-0.2, 0) is 18.9 Å². The van der Waals surface area contributed by atoms with Crippen LogP contribution in [0.4, 0.5) is 0 Å². The van der Waals surface area contributed by atoms with Crippen LogP contribution in [0.5, 0.6) is 0 Å². The van der Waals surface area contributed by atoms with E-state index in [-0.39, 0.29) is 0 Å². The molecule has 0 saturated carbocycles. The minimum Gasteiger partial charge on any atom is -0.337 e. The maximum atomic E-state index is 6.24. The van der Waals surface area contributed by atoms with Crippen molar-refractivity contribution in [1.82, 2.24) is 5.32 Å². The molecule has 164 valence electrons. The first kappa shape index (κ1) is 26.8. The van der Waals surface area contributed by atoms with Gasteiger partial charge < -0.3 is 18.9 Å². The third kappa shape index (κ3) is 11.4. The lowest BCUT2D eigenvalue weighted by Crippen LogP contribution is -2.63. The summed E-state index contributed by atoms with van der Waals surface area (Å²) in [5, 5.41) is 3.53. The van der Waals surface area contributed by atoms with Gasteiger partial charge >= 0.3 is 0 Å². The van der Waals surface area contributed by atoms with Crippen LogP contribution >= 0.6 is 0 Å². The van der Waals surface area contributed by atoms with Gasteiger partial charge in [0.2, 0.25) is 11.8 Å². The van der Waals surface area contributed by atoms with E-state index in [0.717, 1.165) is 51.4 Å². The van der Waals surface area contributed by atoms with Gasteiger partial charge in [0, 0.05) is 12.8 Å². The Morgan fingerprint density at radius 3 is 0.926 bits per heavy atom. The highest BCUT2D eigenvalue weighted by atomic mass is 16.8. The summed E-state index contributed by atoms with van der Waals surface area (Å²) in [6.45, 7) is 15.5. The van der Waals surface area contributed by atoms with Gasteiger partial charge in [-0.25, -0.2) is 5.32 Å². The van der Waals surface area contributed by atoms with Crippen LogP contribution in [0.3, 0.4) is 0 Å². The molecule has 0 aromatic rings. The highest BCUT2D eigenvalue weighted by Gasteiger charge is 2.42. The number of nitrogens with one attached hydrogen (secondary N) is 1. The Morgan fingerprint density at radius 2 is 0.741 bits per heavy atom. The first-order valence-electron chi connectivity index (χ1n) is 11.4. The topological polar surface area (TPSA) is 49.0 Å². The van der Waals surface area contributed by atoms with Crippen molar-refractivity contribution >= 4 is 0 Å². The molecule has 0 aromatic carbocycles. The first-order valence-corrected chi connectivity index (χ1v) is 11.4. The Hall–Kier alpha value is -0.200. The van der Waals surface area contributed by atoms with Crippen molar-refractivity contribution in [2.75, 3.05) is 26.4 Å². The monoisotopic (exact) mass is 389 g/mol. The van der Waals surface area contributed by atoms with Crippen LogP contribution in [0.25, 0.3) is 0 Å². The minimum absolute atomic E-state index is 0.660. The summed E-state index contributed by atoms with van der Waals surface area (Å²) in [4.78, 5) is 0. The number of hydrogen-bond donors (Lipinski definition) is 1. The standard InChI is InChI=1S/C22H47NO4/c1-7-13-17-24-21(11-5,25-18-14-8-2)23-22(12-6,26-19-15-9-3)27-20-16-10-4/h23H,7-20H2,1-6H3. The molecule has 0 radical (unpaired) electrons. The zero-order valence-electron chi connectivity index (χ0n) is 19.0. The van der Waals surface area contributed by atoms with E-state index in [0.29, 0.717) is 39.3 Å². The van der Waals surface area contributed by atoms with Crippen molar-refractivity contribution in [2.45, 2.75) is 118 Å². The van der Waals surface area contributed by atoms with Gasteiger partial charge in [-0.3, -0.25) is 0 Å². The highest BCUT2D eigenvalue weighted by Crippen LogP contribution is 2.25. The molecule has 0 bridgehead atoms. The fraction of sp³-hybridized carbons (Fsp3) is 1.00. The van der Waals surface area contributed by atoms with E-state index in [9.17, 15) is 0 Å². The number of ether oxygens (including phenoxy) is 4. The largest absolute Gasteiger partial charge is 0.337 e. The molecule has 0 fully saturated rings. The van der Waals surface area contributed by atoms with Crippen LogP contribution in [0, 0.1) is 0 Å². The van der Waals surface area contributed by atoms with E-state index in [4.69, 9.17) is 18.9 Å². The lowest BCUT2D eigenvalue weighted by molar-refractivity contribution is -0.346. The predicted octanol–water partition coefficient (Wildman–Crippen LogP) is 5.97. The fourth-order valence-electron chi connectivity index (χ4n) is 2.63. The smallest absolute Gasteiger partial charge is 0.231 e. The molecule has 0 unspecified atom stereocenters. The second-order valence-corrected chi connectivity index (χ2v) is 7.15. The van der Waals surface area contributed by atoms with Crippen LogP contribution in [0.2, 0.25) is 0 Å². The summed E-state index contributed by atoms with van der Waals surface area (Å²) in [6, 6.07) is 0. The van der Waals surface area contributed by atoms with Crippen LogP contribution in [0.15, 0.2) is 0 Å². The second-order valence-electron chi connectivity index (χ2n) is 7.15. The molecule has 5 nitrogen and oxygen atoms in total. The summed E-state index contributed by atoms with van der Waals surface area (Å²) in [5.74, 6) is -1.75. The van der Waals surface area contributed by atoms with E-state index >= 15 is 0 Å². The van der Waals surface area contributed by atoms with Crippen molar-refractivity contribution in [2.24, 2.45) is 0 Å². The van der Waals surface area contributed by atoms with Crippen molar-refractivity contribution in [1.29, 1.82) is 0 Å². The third-order valence-electron chi connectivity index (χ3n) is 4.64. The molecular formula is C22H47NO4. The molecule has 0 aliphatic carbocycles. The predicted molar refractivity (Wildman–Crippen MR) is 113 cm³/mol. The Bertz CT molecular complexity index is 275. The SMILES string of the molecule is CCCCOC(CC)(NC(CC)(OCCCC)OCCCC)OCCCC. The normalized spacial score (nSPS) is 12.7. The van der Waals surface area contributed by atoms with E-state index < -0.39 is 11.8 Å². The van der Waals surface area contributed by atoms with E-state index in [1.165, 1.54) is 0 Å². The fourth-order valence-corrected chi connectivity index (χ4v) is 2.63. The second kappa shape index (κ2) is 16.7. The van der Waals surface area contributed by atoms with Crippen molar-refractivity contribution in [3.8, 4) is 0 Å². The first-order chi connectivity index (χ1) is 13.1. The average molecular weight is 390 g/mol. The molecule has 0 aliphatic rings. The van der Waals surface area contributed by atoms with Crippen LogP contribution in [0.1, 0.15) is 106 Å². The zero-order valence-corrected chi connectivity index (χ0v) is 19.0. The van der Waals surface area contributed by atoms with Crippen molar-refractivity contribution < 1.29 is 18.9 Å². The van der Waals surface area contributed by atoms with Gasteiger partial charge in [-0.05, 0) is 25.7 Å². The Balaban J connectivity index is 5.33. The summed E-state index contributed by atoms with van der Waals surface area (Å²) < 4.78 is 25.0. The minimum atomic E-state index is -0.876. The maximum absolute atomic E-state index is 6.24. The molecule has 0 amide bonds. The Kier molecular flexibility index (Phi) is 16.6. The van der Waals surface area contributed by atoms with Gasteiger partial charge in [0.05, 0.1) is 26.4 Å². The molecule has 0 atom stereocenters. The van der Waals surface area contributed by atoms with Crippen molar-refractivity contribution in [3.63, 3.8) is 0 Å². The molecule has 0 aromatic heterocycles. The van der Waals surface area contributed by atoms with Crippen molar-refractivity contribution in [3.05, 3.63) is 0 Å². The molecular weight excluding hydrogens is 342 g/mol. The van der Waals surface area contributed by atoms with Gasteiger partial charge in [0.1, 0.15) is 0 Å². The van der Waals surface area contributed by atoms with E-state index in [2.05, 4.69) is 46.9 Å². The highest BCUT2D eigenvalue weighted by molar-refractivity contribution is 4.76. The maximum Gasteiger partial charge on any atom is 0.231 e. The molecule has 5 heteroatoms. The lowest BCUT2D eigenvalue weighted by atomic mass is 10.2. The Labute approximate surface area is 168 Å². The summed E-state index contributed by atoms with van der Waals surface area (Å²) in [6.07, 6.45) is 9.77. The molecule has 0 spiro atoms. The molecule has 0 aliphatic heterocycles. The van der Waals surface area contributed by atoms with Gasteiger partial charge in [-0.2, -0.15) is 0 Å². The quantitative estimate of drug-likeness (QED) is 0.205. The number of rotatable bonds is 20. The summed E-state index contributed by atoms with van der Waals surface area (Å²) in [7, 11) is 0. The zero-order chi connectivity index (χ0) is 20.4. The van der Waals surface area contributed by atoms with Crippen LogP contribution < -0.4 is 5.32 Å². The molecule has 27 heavy (non-hydrogen) atoms. The van der Waals surface area contributed by atoms with Crippen LogP contribution in [-0.4, -0.2) is 38.2 Å². The van der Waals surface area contributed by atoms with Gasteiger partial charge in [0.25, 0.3) is 0 Å². The molecule has 1 N–H and O–H groups in total. The third-order valence-corrected chi connectivity index (χ3v) is 4.64. The molecule has 0 saturated heterocycles. The Morgan fingerprint density at radius 1 is 0.481 bits per heavy atom. The van der Waals surface area contributed by atoms with Gasteiger partial charge in [-0.15, -0.1) is 0 Å². The lowest BCUT2D eigenvalue weighted by Gasteiger charge is -2.43. The van der Waals surface area contributed by atoms with Gasteiger partial charge in [0.15, 0.2) is 0 Å². The molecule has 0 heterocycles. The summed E-state index contributed by atoms with van der Waals surface area (Å²) >= 11 is 0. The number of hydrogen-bond acceptors (Lipinski definition) is 5.